The van der Waals surface area contributed by atoms with Crippen molar-refractivity contribution in [2.24, 2.45) is 0 Å². The molecule has 0 saturated carbocycles. The van der Waals surface area contributed by atoms with Gasteiger partial charge in [-0.1, -0.05) is 53.8 Å². The van der Waals surface area contributed by atoms with Gasteiger partial charge in [0.25, 0.3) is 5.91 Å². The number of rotatable bonds is 6. The molecule has 2 N–H and O–H groups in total. The van der Waals surface area contributed by atoms with Gasteiger partial charge in [-0.15, -0.1) is 0 Å². The minimum Gasteiger partial charge on any atom is -0.459 e. The molecule has 0 aliphatic heterocycles. The van der Waals surface area contributed by atoms with Gasteiger partial charge < -0.3 is 15.1 Å². The van der Waals surface area contributed by atoms with Crippen molar-refractivity contribution in [3.8, 4) is 11.1 Å². The lowest BCUT2D eigenvalue weighted by molar-refractivity contribution is 0.0928. The number of carbonyl (C=O) groups is 1. The molecule has 0 saturated heterocycles. The fraction of sp³-hybridized carbons (Fsp3) is 0.100. The number of amides is 1. The highest BCUT2D eigenvalue weighted by molar-refractivity contribution is 7.22. The molecular formula is C20H17N3O2S. The molecule has 4 aromatic rings. The third kappa shape index (κ3) is 3.45. The normalized spacial score (nSPS) is 10.8. The summed E-state index contributed by atoms with van der Waals surface area (Å²) in [4.78, 5) is 16.9. The number of hydrogen-bond donors (Lipinski definition) is 2. The maximum Gasteiger partial charge on any atom is 0.287 e. The molecular weight excluding hydrogens is 346 g/mol. The molecule has 0 radical (unpaired) electrons. The van der Waals surface area contributed by atoms with Gasteiger partial charge in [-0.05, 0) is 23.8 Å². The van der Waals surface area contributed by atoms with E-state index in [0.29, 0.717) is 18.8 Å². The van der Waals surface area contributed by atoms with Gasteiger partial charge in [0.05, 0.1) is 16.5 Å². The van der Waals surface area contributed by atoms with Gasteiger partial charge in [0, 0.05) is 18.7 Å². The lowest BCUT2D eigenvalue weighted by Gasteiger charge is -2.06. The first kappa shape index (κ1) is 16.4. The first-order valence-electron chi connectivity index (χ1n) is 8.32. The zero-order chi connectivity index (χ0) is 17.8. The number of fused-ring (bicyclic) bond motifs is 1. The number of aromatic nitrogens is 1. The molecule has 0 spiro atoms. The number of benzene rings is 2. The maximum absolute atomic E-state index is 12.4. The summed E-state index contributed by atoms with van der Waals surface area (Å²) in [5.41, 5.74) is 2.73. The molecule has 0 bridgehead atoms. The van der Waals surface area contributed by atoms with Crippen LogP contribution in [0.25, 0.3) is 21.3 Å². The van der Waals surface area contributed by atoms with Gasteiger partial charge in [0.2, 0.25) is 0 Å². The van der Waals surface area contributed by atoms with Crippen molar-refractivity contribution in [3.63, 3.8) is 0 Å². The summed E-state index contributed by atoms with van der Waals surface area (Å²) in [6, 6.07) is 19.5. The molecule has 130 valence electrons. The molecule has 0 atom stereocenters. The third-order valence-electron chi connectivity index (χ3n) is 3.94. The summed E-state index contributed by atoms with van der Waals surface area (Å²) in [7, 11) is 0. The van der Waals surface area contributed by atoms with Crippen molar-refractivity contribution in [1.82, 2.24) is 10.3 Å². The van der Waals surface area contributed by atoms with Gasteiger partial charge in [0.15, 0.2) is 10.9 Å². The van der Waals surface area contributed by atoms with Crippen molar-refractivity contribution >= 4 is 32.6 Å². The number of nitrogens with one attached hydrogen (secondary N) is 2. The average molecular weight is 363 g/mol. The summed E-state index contributed by atoms with van der Waals surface area (Å²) in [6.07, 6.45) is 1.54. The Kier molecular flexibility index (Phi) is 4.66. The summed E-state index contributed by atoms with van der Waals surface area (Å²) >= 11 is 1.60. The van der Waals surface area contributed by atoms with Crippen LogP contribution in [0, 0.1) is 0 Å². The Hall–Kier alpha value is -3.12. The highest BCUT2D eigenvalue weighted by atomic mass is 32.1. The molecule has 5 nitrogen and oxygen atoms in total. The Labute approximate surface area is 154 Å². The van der Waals surface area contributed by atoms with Crippen LogP contribution in [0.15, 0.2) is 71.3 Å². The monoisotopic (exact) mass is 363 g/mol. The second-order valence-electron chi connectivity index (χ2n) is 5.70. The predicted molar refractivity (Wildman–Crippen MR) is 105 cm³/mol. The van der Waals surface area contributed by atoms with Crippen molar-refractivity contribution in [2.75, 3.05) is 18.4 Å². The zero-order valence-electron chi connectivity index (χ0n) is 13.9. The molecule has 0 fully saturated rings. The van der Waals surface area contributed by atoms with Crippen LogP contribution in [0.4, 0.5) is 5.13 Å². The Bertz CT molecular complexity index is 991. The molecule has 4 rings (SSSR count). The largest absolute Gasteiger partial charge is 0.459 e. The van der Waals surface area contributed by atoms with Gasteiger partial charge >= 0.3 is 0 Å². The quantitative estimate of drug-likeness (QED) is 0.498. The molecule has 26 heavy (non-hydrogen) atoms. The van der Waals surface area contributed by atoms with E-state index in [4.69, 9.17) is 4.42 Å². The van der Waals surface area contributed by atoms with E-state index in [2.05, 4.69) is 15.6 Å². The van der Waals surface area contributed by atoms with E-state index in [-0.39, 0.29) is 5.91 Å². The van der Waals surface area contributed by atoms with E-state index in [1.807, 2.05) is 60.7 Å². The Balaban J connectivity index is 1.34. The van der Waals surface area contributed by atoms with Crippen LogP contribution in [0.1, 0.15) is 10.6 Å². The van der Waals surface area contributed by atoms with Crippen LogP contribution < -0.4 is 10.6 Å². The second kappa shape index (κ2) is 7.41. The van der Waals surface area contributed by atoms with E-state index in [1.54, 1.807) is 11.3 Å². The SMILES string of the molecule is O=C(NCCNc1nc2ccccc2s1)c1occc1-c1ccccc1. The van der Waals surface area contributed by atoms with Crippen molar-refractivity contribution in [1.29, 1.82) is 0 Å². The van der Waals surface area contributed by atoms with E-state index in [9.17, 15) is 4.79 Å². The minimum absolute atomic E-state index is 0.222. The second-order valence-corrected chi connectivity index (χ2v) is 6.73. The van der Waals surface area contributed by atoms with Crippen molar-refractivity contribution < 1.29 is 9.21 Å². The van der Waals surface area contributed by atoms with Crippen LogP contribution in [0.3, 0.4) is 0 Å². The third-order valence-corrected chi connectivity index (χ3v) is 4.93. The van der Waals surface area contributed by atoms with Crippen LogP contribution in [-0.4, -0.2) is 24.0 Å². The fourth-order valence-corrected chi connectivity index (χ4v) is 3.60. The molecule has 0 aliphatic rings. The lowest BCUT2D eigenvalue weighted by atomic mass is 10.1. The molecule has 0 unspecified atom stereocenters. The molecule has 6 heteroatoms. The topological polar surface area (TPSA) is 67.2 Å². The maximum atomic E-state index is 12.4. The Morgan fingerprint density at radius 3 is 2.65 bits per heavy atom. The van der Waals surface area contributed by atoms with E-state index >= 15 is 0 Å². The Morgan fingerprint density at radius 2 is 1.81 bits per heavy atom. The lowest BCUT2D eigenvalue weighted by Crippen LogP contribution is -2.28. The van der Waals surface area contributed by atoms with Crippen molar-refractivity contribution in [2.45, 2.75) is 0 Å². The summed E-state index contributed by atoms with van der Waals surface area (Å²) < 4.78 is 6.53. The smallest absolute Gasteiger partial charge is 0.287 e. The average Bonchev–Trinajstić information content (AvgIpc) is 3.32. The zero-order valence-corrected chi connectivity index (χ0v) is 14.8. The fourth-order valence-electron chi connectivity index (χ4n) is 2.70. The summed E-state index contributed by atoms with van der Waals surface area (Å²) in [5, 5.41) is 6.97. The highest BCUT2D eigenvalue weighted by Gasteiger charge is 2.16. The first-order chi connectivity index (χ1) is 12.8. The van der Waals surface area contributed by atoms with Crippen LogP contribution in [0.2, 0.25) is 0 Å². The minimum atomic E-state index is -0.222. The van der Waals surface area contributed by atoms with Gasteiger partial charge in [-0.3, -0.25) is 4.79 Å². The van der Waals surface area contributed by atoms with Gasteiger partial charge in [-0.2, -0.15) is 0 Å². The molecule has 2 aromatic carbocycles. The van der Waals surface area contributed by atoms with Crippen LogP contribution >= 0.6 is 11.3 Å². The summed E-state index contributed by atoms with van der Waals surface area (Å²) in [6.45, 7) is 1.07. The van der Waals surface area contributed by atoms with Gasteiger partial charge in [0.1, 0.15) is 0 Å². The van der Waals surface area contributed by atoms with E-state index < -0.39 is 0 Å². The van der Waals surface area contributed by atoms with Crippen LogP contribution in [-0.2, 0) is 0 Å². The molecule has 0 aliphatic carbocycles. The highest BCUT2D eigenvalue weighted by Crippen LogP contribution is 2.25. The van der Waals surface area contributed by atoms with E-state index in [1.165, 1.54) is 6.26 Å². The number of thiazole rings is 1. The molecule has 1 amide bonds. The first-order valence-corrected chi connectivity index (χ1v) is 9.13. The standard InChI is InChI=1S/C20H17N3O2S/c24-19(18-15(10-13-25-18)14-6-2-1-3-7-14)21-11-12-22-20-23-16-8-4-5-9-17(16)26-20/h1-10,13H,11-12H2,(H,21,24)(H,22,23). The molecule has 2 heterocycles. The number of para-hydroxylation sites is 1. The predicted octanol–water partition coefficient (Wildman–Crippen LogP) is 4.40. The number of carbonyl (C=O) groups excluding carboxylic acids is 1. The van der Waals surface area contributed by atoms with Crippen LogP contribution in [0.5, 0.6) is 0 Å². The number of hydrogen-bond acceptors (Lipinski definition) is 5. The molecule has 2 aromatic heterocycles. The van der Waals surface area contributed by atoms with Gasteiger partial charge in [-0.25, -0.2) is 4.98 Å². The number of furan rings is 1. The Morgan fingerprint density at radius 1 is 1.00 bits per heavy atom. The number of anilines is 1. The van der Waals surface area contributed by atoms with Crippen molar-refractivity contribution in [3.05, 3.63) is 72.7 Å². The van der Waals surface area contributed by atoms with E-state index in [0.717, 1.165) is 26.5 Å². The number of nitrogens with zero attached hydrogens (tertiary/aromatic N) is 1. The summed E-state index contributed by atoms with van der Waals surface area (Å²) in [5.74, 6) is 0.108.